The van der Waals surface area contributed by atoms with Crippen molar-refractivity contribution in [2.75, 3.05) is 39.4 Å². The molecule has 2 heterocycles. The van der Waals surface area contributed by atoms with E-state index in [-0.39, 0.29) is 18.5 Å². The Morgan fingerprint density at radius 3 is 2.62 bits per heavy atom. The molecule has 0 bridgehead atoms. The molecule has 1 saturated carbocycles. The molecule has 3 rings (SSSR count). The van der Waals surface area contributed by atoms with Crippen LogP contribution in [0.2, 0.25) is 0 Å². The number of aliphatic hydroxyl groups is 1. The van der Waals surface area contributed by atoms with Gasteiger partial charge in [0.15, 0.2) is 0 Å². The lowest BCUT2D eigenvalue weighted by Crippen LogP contribution is -3.15. The molecule has 1 aliphatic carbocycles. The molecule has 0 radical (unpaired) electrons. The van der Waals surface area contributed by atoms with Crippen LogP contribution in [0.15, 0.2) is 0 Å². The standard InChI is InChI=1S/C14H23N3O4/c18-11(9-16-5-7-21-8-6-16)10-17-12(19)14(15-13(17)20)3-1-2-4-14/h11,18H,1-10H2,(H,15,20)/p+1/t11-/m1/s1. The number of amides is 3. The molecule has 3 amide bonds. The second-order valence-electron chi connectivity index (χ2n) is 6.36. The summed E-state index contributed by atoms with van der Waals surface area (Å²) in [6, 6.07) is -0.349. The van der Waals surface area contributed by atoms with Crippen molar-refractivity contribution >= 4 is 11.9 Å². The number of rotatable bonds is 4. The predicted octanol–water partition coefficient (Wildman–Crippen LogP) is -1.87. The average Bonchev–Trinajstić information content (AvgIpc) is 3.02. The minimum absolute atomic E-state index is 0.0940. The molecule has 0 unspecified atom stereocenters. The Bertz CT molecular complexity index is 416. The van der Waals surface area contributed by atoms with Gasteiger partial charge in [-0.2, -0.15) is 0 Å². The summed E-state index contributed by atoms with van der Waals surface area (Å²) in [5, 5.41) is 13.0. The molecule has 21 heavy (non-hydrogen) atoms. The number of nitrogens with one attached hydrogen (secondary N) is 2. The van der Waals surface area contributed by atoms with Crippen LogP contribution in [-0.4, -0.2) is 73.0 Å². The summed E-state index contributed by atoms with van der Waals surface area (Å²) in [5.74, 6) is -0.152. The summed E-state index contributed by atoms with van der Waals surface area (Å²) >= 11 is 0. The first-order chi connectivity index (χ1) is 10.1. The predicted molar refractivity (Wildman–Crippen MR) is 73.8 cm³/mol. The molecule has 0 aromatic carbocycles. The average molecular weight is 298 g/mol. The number of hydrogen-bond acceptors (Lipinski definition) is 4. The van der Waals surface area contributed by atoms with E-state index < -0.39 is 11.6 Å². The Morgan fingerprint density at radius 1 is 1.29 bits per heavy atom. The number of nitrogens with zero attached hydrogens (tertiary/aromatic N) is 1. The number of morpholine rings is 1. The Labute approximate surface area is 124 Å². The van der Waals surface area contributed by atoms with E-state index in [0.717, 1.165) is 38.8 Å². The van der Waals surface area contributed by atoms with Crippen molar-refractivity contribution in [1.82, 2.24) is 10.2 Å². The highest BCUT2D eigenvalue weighted by atomic mass is 16.5. The van der Waals surface area contributed by atoms with Crippen molar-refractivity contribution in [2.45, 2.75) is 37.3 Å². The van der Waals surface area contributed by atoms with E-state index in [1.54, 1.807) is 0 Å². The van der Waals surface area contributed by atoms with Gasteiger partial charge in [-0.1, -0.05) is 12.8 Å². The fraction of sp³-hybridized carbons (Fsp3) is 0.857. The zero-order chi connectivity index (χ0) is 14.9. The van der Waals surface area contributed by atoms with Crippen LogP contribution in [0.1, 0.15) is 25.7 Å². The van der Waals surface area contributed by atoms with Crippen LogP contribution < -0.4 is 10.2 Å². The van der Waals surface area contributed by atoms with Gasteiger partial charge in [0.25, 0.3) is 5.91 Å². The molecule has 2 saturated heterocycles. The van der Waals surface area contributed by atoms with Gasteiger partial charge in [0.1, 0.15) is 31.3 Å². The van der Waals surface area contributed by atoms with Gasteiger partial charge in [-0.25, -0.2) is 4.79 Å². The smallest absolute Gasteiger partial charge is 0.325 e. The van der Waals surface area contributed by atoms with E-state index in [0.29, 0.717) is 19.8 Å². The number of aliphatic hydroxyl groups excluding tert-OH is 1. The van der Waals surface area contributed by atoms with Crippen LogP contribution in [0.3, 0.4) is 0 Å². The van der Waals surface area contributed by atoms with Crippen molar-refractivity contribution in [2.24, 2.45) is 0 Å². The minimum atomic E-state index is -0.678. The molecule has 0 aromatic rings. The summed E-state index contributed by atoms with van der Waals surface area (Å²) < 4.78 is 5.28. The maximum Gasteiger partial charge on any atom is 0.325 e. The maximum atomic E-state index is 12.5. The molecule has 1 atom stereocenters. The summed E-state index contributed by atoms with van der Waals surface area (Å²) in [6.07, 6.45) is 2.71. The minimum Gasteiger partial charge on any atom is -0.385 e. The van der Waals surface area contributed by atoms with Crippen molar-refractivity contribution in [1.29, 1.82) is 0 Å². The van der Waals surface area contributed by atoms with Crippen LogP contribution >= 0.6 is 0 Å². The van der Waals surface area contributed by atoms with Gasteiger partial charge in [-0.05, 0) is 12.8 Å². The molecular weight excluding hydrogens is 274 g/mol. The number of imide groups is 1. The first-order valence-electron chi connectivity index (χ1n) is 7.84. The number of ether oxygens (including phenoxy) is 1. The summed E-state index contributed by atoms with van der Waals surface area (Å²) in [7, 11) is 0. The van der Waals surface area contributed by atoms with E-state index >= 15 is 0 Å². The van der Waals surface area contributed by atoms with E-state index in [9.17, 15) is 14.7 Å². The fourth-order valence-electron chi connectivity index (χ4n) is 3.63. The molecule has 7 nitrogen and oxygen atoms in total. The number of carbonyl (C=O) groups is 2. The molecule has 3 N–H and O–H groups in total. The topological polar surface area (TPSA) is 83.3 Å². The molecule has 7 heteroatoms. The Hall–Kier alpha value is -1.18. The highest BCUT2D eigenvalue weighted by Gasteiger charge is 2.52. The third kappa shape index (κ3) is 2.90. The normalized spacial score (nSPS) is 27.4. The highest BCUT2D eigenvalue weighted by Crippen LogP contribution is 2.34. The quantitative estimate of drug-likeness (QED) is 0.531. The molecule has 1 spiro atoms. The van der Waals surface area contributed by atoms with E-state index in [4.69, 9.17) is 4.74 Å². The van der Waals surface area contributed by atoms with Crippen molar-refractivity contribution < 1.29 is 24.3 Å². The van der Waals surface area contributed by atoms with E-state index in [1.807, 2.05) is 0 Å². The summed E-state index contributed by atoms with van der Waals surface area (Å²) in [6.45, 7) is 3.77. The van der Waals surface area contributed by atoms with Gasteiger partial charge in [0.05, 0.1) is 19.8 Å². The Kier molecular flexibility index (Phi) is 4.14. The third-order valence-electron chi connectivity index (χ3n) is 4.82. The van der Waals surface area contributed by atoms with Crippen molar-refractivity contribution in [3.8, 4) is 0 Å². The lowest BCUT2D eigenvalue weighted by atomic mass is 9.98. The van der Waals surface area contributed by atoms with E-state index in [1.165, 1.54) is 9.80 Å². The van der Waals surface area contributed by atoms with Crippen LogP contribution in [0.4, 0.5) is 4.79 Å². The van der Waals surface area contributed by atoms with Crippen molar-refractivity contribution in [3.63, 3.8) is 0 Å². The Balaban J connectivity index is 1.56. The lowest BCUT2D eigenvalue weighted by molar-refractivity contribution is -0.910. The SMILES string of the molecule is O=C1NC2(CCCC2)C(=O)N1C[C@H](O)C[NH+]1CCOCC1. The molecule has 3 aliphatic rings. The second-order valence-corrected chi connectivity index (χ2v) is 6.36. The van der Waals surface area contributed by atoms with Crippen molar-refractivity contribution in [3.05, 3.63) is 0 Å². The number of quaternary nitrogens is 1. The van der Waals surface area contributed by atoms with Crippen LogP contribution in [0.5, 0.6) is 0 Å². The number of carbonyl (C=O) groups excluding carboxylic acids is 2. The van der Waals surface area contributed by atoms with Gasteiger partial charge in [-0.15, -0.1) is 0 Å². The first-order valence-corrected chi connectivity index (χ1v) is 7.84. The molecule has 2 aliphatic heterocycles. The van der Waals surface area contributed by atoms with E-state index in [2.05, 4.69) is 5.32 Å². The second kappa shape index (κ2) is 5.90. The number of urea groups is 1. The first kappa shape index (κ1) is 14.7. The fourth-order valence-corrected chi connectivity index (χ4v) is 3.63. The molecule has 3 fully saturated rings. The maximum absolute atomic E-state index is 12.5. The molecule has 0 aromatic heterocycles. The monoisotopic (exact) mass is 298 g/mol. The third-order valence-corrected chi connectivity index (χ3v) is 4.82. The van der Waals surface area contributed by atoms with Gasteiger partial charge < -0.3 is 20.1 Å². The van der Waals surface area contributed by atoms with Crippen LogP contribution in [0, 0.1) is 0 Å². The zero-order valence-electron chi connectivity index (χ0n) is 12.3. The van der Waals surface area contributed by atoms with Gasteiger partial charge in [0.2, 0.25) is 0 Å². The summed E-state index contributed by atoms with van der Waals surface area (Å²) in [4.78, 5) is 27.0. The zero-order valence-corrected chi connectivity index (χ0v) is 12.3. The lowest BCUT2D eigenvalue weighted by Gasteiger charge is -2.27. The van der Waals surface area contributed by atoms with Crippen LogP contribution in [-0.2, 0) is 9.53 Å². The molecular formula is C14H24N3O4+. The van der Waals surface area contributed by atoms with Crippen LogP contribution in [0.25, 0.3) is 0 Å². The highest BCUT2D eigenvalue weighted by molar-refractivity contribution is 6.07. The van der Waals surface area contributed by atoms with Gasteiger partial charge >= 0.3 is 6.03 Å². The van der Waals surface area contributed by atoms with Gasteiger partial charge in [-0.3, -0.25) is 9.69 Å². The number of hydrogen-bond donors (Lipinski definition) is 3. The summed E-state index contributed by atoms with van der Waals surface area (Å²) in [5.41, 5.74) is -0.678. The Morgan fingerprint density at radius 2 is 1.95 bits per heavy atom. The largest absolute Gasteiger partial charge is 0.385 e. The molecule has 118 valence electrons. The van der Waals surface area contributed by atoms with Gasteiger partial charge in [0, 0.05) is 0 Å². The number of β-amino-alcohol motifs (C(OH)–C–C–N with tert-alkyl or cyclic N) is 1.